The second-order valence-corrected chi connectivity index (χ2v) is 6.74. The van der Waals surface area contributed by atoms with Crippen molar-refractivity contribution in [1.82, 2.24) is 10.2 Å². The highest BCUT2D eigenvalue weighted by atomic mass is 16.3. The zero-order chi connectivity index (χ0) is 14.9. The molecule has 1 amide bonds. The van der Waals surface area contributed by atoms with Gasteiger partial charge in [-0.1, -0.05) is 38.5 Å². The number of hydrogen-bond acceptors (Lipinski definition) is 3. The molecule has 0 aromatic heterocycles. The molecule has 1 aliphatic carbocycles. The molecule has 2 fully saturated rings. The Morgan fingerprint density at radius 1 is 1.00 bits per heavy atom. The first kappa shape index (κ1) is 16.8. The van der Waals surface area contributed by atoms with Gasteiger partial charge in [0.2, 0.25) is 5.91 Å². The van der Waals surface area contributed by atoms with E-state index in [1.807, 2.05) is 0 Å². The summed E-state index contributed by atoms with van der Waals surface area (Å²) < 4.78 is 0. The van der Waals surface area contributed by atoms with Gasteiger partial charge in [-0.05, 0) is 38.6 Å². The molecule has 4 heteroatoms. The number of carbonyl (C=O) groups excluding carboxylic acids is 1. The van der Waals surface area contributed by atoms with E-state index < -0.39 is 0 Å². The number of nitrogens with zero attached hydrogens (tertiary/aromatic N) is 1. The molecule has 1 atom stereocenters. The van der Waals surface area contributed by atoms with Gasteiger partial charge in [-0.2, -0.15) is 0 Å². The van der Waals surface area contributed by atoms with E-state index in [1.54, 1.807) is 0 Å². The highest BCUT2D eigenvalue weighted by molar-refractivity contribution is 5.78. The van der Waals surface area contributed by atoms with E-state index in [2.05, 4.69) is 10.2 Å². The summed E-state index contributed by atoms with van der Waals surface area (Å²) in [6.45, 7) is 1.75. The normalized spacial score (nSPS) is 26.0. The summed E-state index contributed by atoms with van der Waals surface area (Å²) in [5.74, 6) is 0.186. The van der Waals surface area contributed by atoms with Crippen LogP contribution in [0.25, 0.3) is 0 Å². The molecule has 2 aliphatic rings. The van der Waals surface area contributed by atoms with Gasteiger partial charge in [0.1, 0.15) is 0 Å². The molecular weight excluding hydrogens is 264 g/mol. The number of amides is 1. The van der Waals surface area contributed by atoms with Crippen molar-refractivity contribution in [2.75, 3.05) is 19.7 Å². The minimum Gasteiger partial charge on any atom is -0.396 e. The van der Waals surface area contributed by atoms with Crippen molar-refractivity contribution in [3.8, 4) is 0 Å². The van der Waals surface area contributed by atoms with Crippen molar-refractivity contribution in [2.45, 2.75) is 82.7 Å². The molecular formula is C17H32N2O2. The van der Waals surface area contributed by atoms with Gasteiger partial charge >= 0.3 is 0 Å². The minimum absolute atomic E-state index is 0.186. The highest BCUT2D eigenvalue weighted by Gasteiger charge is 2.24. The maximum atomic E-state index is 12.3. The Morgan fingerprint density at radius 3 is 2.38 bits per heavy atom. The summed E-state index contributed by atoms with van der Waals surface area (Å²) in [5.41, 5.74) is 0. The van der Waals surface area contributed by atoms with Gasteiger partial charge in [-0.15, -0.1) is 0 Å². The number of aliphatic hydroxyl groups is 1. The molecule has 0 aromatic carbocycles. The zero-order valence-corrected chi connectivity index (χ0v) is 13.4. The van der Waals surface area contributed by atoms with Gasteiger partial charge in [0.25, 0.3) is 0 Å². The lowest BCUT2D eigenvalue weighted by Crippen LogP contribution is -2.48. The van der Waals surface area contributed by atoms with Crippen LogP contribution < -0.4 is 5.32 Å². The number of nitrogens with one attached hydrogen (secondary N) is 1. The molecule has 1 saturated carbocycles. The number of aliphatic hydroxyl groups excluding tert-OH is 1. The maximum absolute atomic E-state index is 12.3. The first-order chi connectivity index (χ1) is 10.3. The van der Waals surface area contributed by atoms with Gasteiger partial charge in [0, 0.05) is 18.7 Å². The molecule has 122 valence electrons. The fraction of sp³-hybridized carbons (Fsp3) is 0.941. The van der Waals surface area contributed by atoms with E-state index in [0.717, 1.165) is 32.2 Å². The average Bonchev–Trinajstić information content (AvgIpc) is 2.44. The van der Waals surface area contributed by atoms with E-state index in [1.165, 1.54) is 44.9 Å². The van der Waals surface area contributed by atoms with E-state index in [0.29, 0.717) is 18.6 Å². The Labute approximate surface area is 129 Å². The van der Waals surface area contributed by atoms with Crippen molar-refractivity contribution < 1.29 is 9.90 Å². The third-order valence-corrected chi connectivity index (χ3v) is 5.03. The Morgan fingerprint density at radius 2 is 1.67 bits per heavy atom. The van der Waals surface area contributed by atoms with Crippen LogP contribution in [0.4, 0.5) is 0 Å². The van der Waals surface area contributed by atoms with E-state index in [9.17, 15) is 4.79 Å². The fourth-order valence-corrected chi connectivity index (χ4v) is 3.80. The monoisotopic (exact) mass is 296 g/mol. The summed E-state index contributed by atoms with van der Waals surface area (Å²) in [7, 11) is 0. The number of rotatable bonds is 5. The van der Waals surface area contributed by atoms with Crippen LogP contribution in [-0.4, -0.2) is 47.7 Å². The third kappa shape index (κ3) is 5.95. The van der Waals surface area contributed by atoms with Crippen molar-refractivity contribution in [3.05, 3.63) is 0 Å². The molecule has 0 aromatic rings. The molecule has 0 spiro atoms. The summed E-state index contributed by atoms with van der Waals surface area (Å²) in [6.07, 6.45) is 13.1. The van der Waals surface area contributed by atoms with E-state index in [4.69, 9.17) is 5.11 Å². The molecule has 2 rings (SSSR count). The Hall–Kier alpha value is -0.610. The summed E-state index contributed by atoms with van der Waals surface area (Å²) in [5, 5.41) is 12.4. The number of piperidine rings is 1. The average molecular weight is 296 g/mol. The van der Waals surface area contributed by atoms with Crippen LogP contribution in [0.2, 0.25) is 0 Å². The molecule has 1 saturated heterocycles. The number of carbonyl (C=O) groups is 1. The maximum Gasteiger partial charge on any atom is 0.234 e. The van der Waals surface area contributed by atoms with Crippen molar-refractivity contribution in [3.63, 3.8) is 0 Å². The third-order valence-electron chi connectivity index (χ3n) is 5.03. The van der Waals surface area contributed by atoms with E-state index >= 15 is 0 Å². The standard InChI is InChI=1S/C17H32N2O2/c20-13-11-16-10-6-7-12-19(16)14-17(21)18-15-8-4-2-1-3-5-9-15/h15-16,20H,1-14H2,(H,18,21). The second-order valence-electron chi connectivity index (χ2n) is 6.74. The number of hydrogen-bond donors (Lipinski definition) is 2. The summed E-state index contributed by atoms with van der Waals surface area (Å²) in [4.78, 5) is 14.6. The predicted octanol–water partition coefficient (Wildman–Crippen LogP) is 2.45. The molecule has 1 aliphatic heterocycles. The van der Waals surface area contributed by atoms with Crippen LogP contribution in [0.3, 0.4) is 0 Å². The summed E-state index contributed by atoms with van der Waals surface area (Å²) in [6, 6.07) is 0.783. The predicted molar refractivity (Wildman–Crippen MR) is 85.2 cm³/mol. The first-order valence-corrected chi connectivity index (χ1v) is 8.94. The molecule has 4 nitrogen and oxygen atoms in total. The topological polar surface area (TPSA) is 52.6 Å². The van der Waals surface area contributed by atoms with Crippen LogP contribution >= 0.6 is 0 Å². The molecule has 21 heavy (non-hydrogen) atoms. The molecule has 1 heterocycles. The zero-order valence-electron chi connectivity index (χ0n) is 13.4. The smallest absolute Gasteiger partial charge is 0.234 e. The molecule has 1 unspecified atom stereocenters. The lowest BCUT2D eigenvalue weighted by Gasteiger charge is -2.35. The van der Waals surface area contributed by atoms with Crippen LogP contribution in [0.15, 0.2) is 0 Å². The Bertz CT molecular complexity index is 299. The highest BCUT2D eigenvalue weighted by Crippen LogP contribution is 2.20. The number of likely N-dealkylation sites (tertiary alicyclic amines) is 1. The van der Waals surface area contributed by atoms with Gasteiger partial charge in [0.15, 0.2) is 0 Å². The molecule has 0 radical (unpaired) electrons. The quantitative estimate of drug-likeness (QED) is 0.819. The van der Waals surface area contributed by atoms with Gasteiger partial charge in [0.05, 0.1) is 6.54 Å². The molecule has 2 N–H and O–H groups in total. The second kappa shape index (κ2) is 9.42. The lowest BCUT2D eigenvalue weighted by molar-refractivity contribution is -0.124. The minimum atomic E-state index is 0.186. The Balaban J connectivity index is 1.76. The van der Waals surface area contributed by atoms with Crippen LogP contribution in [0.5, 0.6) is 0 Å². The van der Waals surface area contributed by atoms with Gasteiger partial charge in [-0.25, -0.2) is 0 Å². The van der Waals surface area contributed by atoms with Gasteiger partial charge in [-0.3, -0.25) is 9.69 Å². The van der Waals surface area contributed by atoms with Crippen molar-refractivity contribution >= 4 is 5.91 Å². The largest absolute Gasteiger partial charge is 0.396 e. The lowest BCUT2D eigenvalue weighted by atomic mass is 9.96. The fourth-order valence-electron chi connectivity index (χ4n) is 3.80. The van der Waals surface area contributed by atoms with Crippen molar-refractivity contribution in [1.29, 1.82) is 0 Å². The first-order valence-electron chi connectivity index (χ1n) is 8.94. The Kier molecular flexibility index (Phi) is 7.51. The van der Waals surface area contributed by atoms with Crippen LogP contribution in [0, 0.1) is 0 Å². The van der Waals surface area contributed by atoms with Crippen LogP contribution in [0.1, 0.15) is 70.6 Å². The van der Waals surface area contributed by atoms with E-state index in [-0.39, 0.29) is 12.5 Å². The molecule has 0 bridgehead atoms. The van der Waals surface area contributed by atoms with Gasteiger partial charge < -0.3 is 10.4 Å². The summed E-state index contributed by atoms with van der Waals surface area (Å²) >= 11 is 0. The van der Waals surface area contributed by atoms with Crippen LogP contribution in [-0.2, 0) is 4.79 Å². The SMILES string of the molecule is O=C(CN1CCCCC1CCO)NC1CCCCCCC1. The van der Waals surface area contributed by atoms with Crippen molar-refractivity contribution in [2.24, 2.45) is 0 Å².